The minimum absolute atomic E-state index is 0.536. The molecule has 0 aromatic rings. The second-order valence-corrected chi connectivity index (χ2v) is 6.83. The second-order valence-electron chi connectivity index (χ2n) is 6.83. The van der Waals surface area contributed by atoms with Crippen molar-refractivity contribution in [2.45, 2.75) is 73.1 Å². The number of rotatable bonds is 0. The van der Waals surface area contributed by atoms with E-state index in [2.05, 4.69) is 34.6 Å². The van der Waals surface area contributed by atoms with Gasteiger partial charge in [0.15, 0.2) is 0 Å². The summed E-state index contributed by atoms with van der Waals surface area (Å²) in [7, 11) is 0. The molecule has 1 rings (SSSR count). The maximum Gasteiger partial charge on any atom is -0.0323 e. The van der Waals surface area contributed by atoms with Crippen molar-refractivity contribution in [3.63, 3.8) is 0 Å². The van der Waals surface area contributed by atoms with Crippen molar-refractivity contribution < 1.29 is 0 Å². The third kappa shape index (κ3) is 3.29. The third-order valence-corrected chi connectivity index (χ3v) is 4.26. The molecule has 0 saturated heterocycles. The van der Waals surface area contributed by atoms with E-state index in [1.54, 1.807) is 0 Å². The molecule has 0 bridgehead atoms. The van der Waals surface area contributed by atoms with Gasteiger partial charge in [-0.15, -0.1) is 0 Å². The average Bonchev–Trinajstić information content (AvgIpc) is 2.03. The van der Waals surface area contributed by atoms with Crippen LogP contribution in [0.1, 0.15) is 73.1 Å². The van der Waals surface area contributed by atoms with Crippen LogP contribution in [-0.2, 0) is 0 Å². The molecule has 0 amide bonds. The zero-order valence-corrected chi connectivity index (χ0v) is 10.8. The molecule has 0 N–H and O–H groups in total. The van der Waals surface area contributed by atoms with Gasteiger partial charge in [-0.05, 0) is 29.6 Å². The molecule has 0 aliphatic heterocycles. The molecule has 0 aromatic heterocycles. The summed E-state index contributed by atoms with van der Waals surface area (Å²) in [5, 5.41) is 0. The molecule has 1 fully saturated rings. The molecule has 0 nitrogen and oxygen atoms in total. The van der Waals surface area contributed by atoms with Gasteiger partial charge in [-0.1, -0.05) is 60.3 Å². The maximum atomic E-state index is 2.46. The summed E-state index contributed by atoms with van der Waals surface area (Å²) in [6.07, 6.45) is 8.58. The molecule has 0 heteroatoms. The standard InChI is InChI=1S/C14H28/c1-12-9-7-6-8-10-13(2,3)11-14(12,4)5/h12H,6-11H2,1-5H3. The SMILES string of the molecule is CC1CCCCCC(C)(C)CC1(C)C. The maximum absolute atomic E-state index is 2.46. The van der Waals surface area contributed by atoms with Crippen LogP contribution in [0.4, 0.5) is 0 Å². The highest BCUT2D eigenvalue weighted by atomic mass is 14.4. The van der Waals surface area contributed by atoms with Gasteiger partial charge in [0, 0.05) is 0 Å². The van der Waals surface area contributed by atoms with E-state index in [9.17, 15) is 0 Å². The Morgan fingerprint density at radius 3 is 2.21 bits per heavy atom. The van der Waals surface area contributed by atoms with Gasteiger partial charge in [-0.3, -0.25) is 0 Å². The lowest BCUT2D eigenvalue weighted by Gasteiger charge is -2.38. The van der Waals surface area contributed by atoms with Crippen LogP contribution in [0.2, 0.25) is 0 Å². The van der Waals surface area contributed by atoms with Crippen LogP contribution in [0.15, 0.2) is 0 Å². The Balaban J connectivity index is 2.72. The fraction of sp³-hybridized carbons (Fsp3) is 1.00. The first-order chi connectivity index (χ1) is 6.33. The molecular weight excluding hydrogens is 168 g/mol. The first kappa shape index (κ1) is 12.1. The van der Waals surface area contributed by atoms with Gasteiger partial charge in [-0.25, -0.2) is 0 Å². The Hall–Kier alpha value is 0. The van der Waals surface area contributed by atoms with Crippen molar-refractivity contribution in [3.05, 3.63) is 0 Å². The van der Waals surface area contributed by atoms with Crippen LogP contribution in [0, 0.1) is 16.7 Å². The fourth-order valence-electron chi connectivity index (χ4n) is 3.12. The molecular formula is C14H28. The van der Waals surface area contributed by atoms with Crippen molar-refractivity contribution in [2.75, 3.05) is 0 Å². The molecule has 0 radical (unpaired) electrons. The van der Waals surface area contributed by atoms with Gasteiger partial charge in [0.05, 0.1) is 0 Å². The van der Waals surface area contributed by atoms with Gasteiger partial charge in [0.2, 0.25) is 0 Å². The second kappa shape index (κ2) is 4.24. The third-order valence-electron chi connectivity index (χ3n) is 4.26. The summed E-state index contributed by atoms with van der Waals surface area (Å²) in [5.41, 5.74) is 1.09. The summed E-state index contributed by atoms with van der Waals surface area (Å²) >= 11 is 0. The highest BCUT2D eigenvalue weighted by molar-refractivity contribution is 4.84. The minimum atomic E-state index is 0.536. The highest BCUT2D eigenvalue weighted by Crippen LogP contribution is 2.44. The Labute approximate surface area is 90.5 Å². The van der Waals surface area contributed by atoms with Crippen LogP contribution in [0.5, 0.6) is 0 Å². The van der Waals surface area contributed by atoms with Gasteiger partial charge in [0.1, 0.15) is 0 Å². The number of hydrogen-bond donors (Lipinski definition) is 0. The monoisotopic (exact) mass is 196 g/mol. The molecule has 1 aliphatic rings. The van der Waals surface area contributed by atoms with Crippen molar-refractivity contribution in [2.24, 2.45) is 16.7 Å². The molecule has 1 unspecified atom stereocenters. The summed E-state index contributed by atoms with van der Waals surface area (Å²) in [5.74, 6) is 0.889. The molecule has 1 atom stereocenters. The van der Waals surface area contributed by atoms with Gasteiger partial charge in [0.25, 0.3) is 0 Å². The Bertz CT molecular complexity index is 176. The predicted octanol–water partition coefficient (Wildman–Crippen LogP) is 5.03. The first-order valence-corrected chi connectivity index (χ1v) is 6.33. The van der Waals surface area contributed by atoms with Crippen molar-refractivity contribution in [1.82, 2.24) is 0 Å². The molecule has 1 aliphatic carbocycles. The largest absolute Gasteiger partial charge is 0.0620 e. The summed E-state index contributed by atoms with van der Waals surface area (Å²) in [4.78, 5) is 0. The highest BCUT2D eigenvalue weighted by Gasteiger charge is 2.33. The number of hydrogen-bond acceptors (Lipinski definition) is 0. The van der Waals surface area contributed by atoms with Gasteiger partial charge in [-0.2, -0.15) is 0 Å². The van der Waals surface area contributed by atoms with E-state index in [4.69, 9.17) is 0 Å². The van der Waals surface area contributed by atoms with E-state index in [1.807, 2.05) is 0 Å². The van der Waals surface area contributed by atoms with Gasteiger partial charge < -0.3 is 0 Å². The molecule has 0 heterocycles. The van der Waals surface area contributed by atoms with Crippen LogP contribution in [0.25, 0.3) is 0 Å². The zero-order valence-electron chi connectivity index (χ0n) is 10.8. The molecule has 1 saturated carbocycles. The minimum Gasteiger partial charge on any atom is -0.0620 e. The zero-order chi connectivity index (χ0) is 10.8. The van der Waals surface area contributed by atoms with Crippen LogP contribution >= 0.6 is 0 Å². The van der Waals surface area contributed by atoms with E-state index in [1.165, 1.54) is 38.5 Å². The predicted molar refractivity (Wildman–Crippen MR) is 64.4 cm³/mol. The fourth-order valence-corrected chi connectivity index (χ4v) is 3.12. The quantitative estimate of drug-likeness (QED) is 0.510. The summed E-state index contributed by atoms with van der Waals surface area (Å²) in [6, 6.07) is 0. The van der Waals surface area contributed by atoms with E-state index in [0.717, 1.165) is 5.92 Å². The molecule has 0 aromatic carbocycles. The van der Waals surface area contributed by atoms with Crippen molar-refractivity contribution >= 4 is 0 Å². The average molecular weight is 196 g/mol. The van der Waals surface area contributed by atoms with Crippen molar-refractivity contribution in [1.29, 1.82) is 0 Å². The Morgan fingerprint density at radius 2 is 1.57 bits per heavy atom. The van der Waals surface area contributed by atoms with E-state index in [-0.39, 0.29) is 0 Å². The summed E-state index contributed by atoms with van der Waals surface area (Å²) in [6.45, 7) is 12.3. The normalized spacial score (nSPS) is 32.8. The van der Waals surface area contributed by atoms with E-state index >= 15 is 0 Å². The summed E-state index contributed by atoms with van der Waals surface area (Å²) < 4.78 is 0. The lowest BCUT2D eigenvalue weighted by Crippen LogP contribution is -2.28. The molecule has 84 valence electrons. The van der Waals surface area contributed by atoms with Gasteiger partial charge >= 0.3 is 0 Å². The molecule has 0 spiro atoms. The molecule has 14 heavy (non-hydrogen) atoms. The van der Waals surface area contributed by atoms with E-state index in [0.29, 0.717) is 10.8 Å². The lowest BCUT2D eigenvalue weighted by atomic mass is 9.67. The van der Waals surface area contributed by atoms with E-state index < -0.39 is 0 Å². The Kier molecular flexibility index (Phi) is 3.66. The smallest absolute Gasteiger partial charge is 0.0323 e. The van der Waals surface area contributed by atoms with Crippen LogP contribution in [-0.4, -0.2) is 0 Å². The first-order valence-electron chi connectivity index (χ1n) is 6.33. The van der Waals surface area contributed by atoms with Crippen LogP contribution in [0.3, 0.4) is 0 Å². The van der Waals surface area contributed by atoms with Crippen LogP contribution < -0.4 is 0 Å². The van der Waals surface area contributed by atoms with Crippen molar-refractivity contribution in [3.8, 4) is 0 Å². The lowest BCUT2D eigenvalue weighted by molar-refractivity contribution is 0.124. The topological polar surface area (TPSA) is 0 Å². The Morgan fingerprint density at radius 1 is 0.929 bits per heavy atom.